The van der Waals surface area contributed by atoms with Crippen molar-refractivity contribution in [3.05, 3.63) is 23.0 Å². The van der Waals surface area contributed by atoms with Gasteiger partial charge < -0.3 is 9.84 Å². The van der Waals surface area contributed by atoms with E-state index in [2.05, 4.69) is 25.7 Å². The van der Waals surface area contributed by atoms with Crippen molar-refractivity contribution in [3.8, 4) is 5.75 Å². The molecule has 20 heavy (non-hydrogen) atoms. The van der Waals surface area contributed by atoms with Crippen LogP contribution in [0.2, 0.25) is 0 Å². The highest BCUT2D eigenvalue weighted by Gasteiger charge is 2.40. The van der Waals surface area contributed by atoms with Crippen LogP contribution in [0.25, 0.3) is 0 Å². The van der Waals surface area contributed by atoms with Gasteiger partial charge in [0.1, 0.15) is 5.75 Å². The summed E-state index contributed by atoms with van der Waals surface area (Å²) in [6, 6.07) is 0.279. The fourth-order valence-electron chi connectivity index (χ4n) is 1.24. The highest BCUT2D eigenvalue weighted by molar-refractivity contribution is 9.08. The minimum atomic E-state index is -5.27. The van der Waals surface area contributed by atoms with Gasteiger partial charge in [-0.1, -0.05) is 15.9 Å². The maximum Gasteiger partial charge on any atom is 0.573 e. The van der Waals surface area contributed by atoms with Gasteiger partial charge in [-0.05, 0) is 0 Å². The van der Waals surface area contributed by atoms with Gasteiger partial charge >= 0.3 is 18.5 Å². The number of rotatable bonds is 3. The average molecular weight is 368 g/mol. The van der Waals surface area contributed by atoms with E-state index in [1.165, 1.54) is 0 Å². The molecule has 4 nitrogen and oxygen atoms in total. The van der Waals surface area contributed by atoms with Crippen LogP contribution in [0.1, 0.15) is 21.7 Å². The molecule has 0 bridgehead atoms. The minimum absolute atomic E-state index is 0.279. The van der Waals surface area contributed by atoms with Gasteiger partial charge in [-0.3, -0.25) is 0 Å². The highest BCUT2D eigenvalue weighted by atomic mass is 79.9. The van der Waals surface area contributed by atoms with Gasteiger partial charge in [0.2, 0.25) is 0 Å². The molecule has 0 amide bonds. The number of carbonyl (C=O) groups is 1. The third-order valence-corrected chi connectivity index (χ3v) is 2.49. The molecule has 0 aliphatic rings. The number of hydrogen-bond acceptors (Lipinski definition) is 3. The van der Waals surface area contributed by atoms with Crippen LogP contribution in [0.15, 0.2) is 6.07 Å². The molecule has 1 aromatic rings. The zero-order chi connectivity index (χ0) is 15.7. The van der Waals surface area contributed by atoms with Gasteiger partial charge in [0.05, 0.1) is 0 Å². The molecule has 0 unspecified atom stereocenters. The second kappa shape index (κ2) is 5.46. The van der Waals surface area contributed by atoms with Crippen molar-refractivity contribution < 1.29 is 41.0 Å². The van der Waals surface area contributed by atoms with E-state index in [1.54, 1.807) is 0 Å². The molecule has 1 heterocycles. The number of carboxylic acids is 1. The lowest BCUT2D eigenvalue weighted by atomic mass is 10.1. The molecule has 0 aliphatic carbocycles. The number of pyridine rings is 1. The molecule has 0 spiro atoms. The predicted octanol–water partition coefficient (Wildman–Crippen LogP) is 3.59. The van der Waals surface area contributed by atoms with E-state index >= 15 is 0 Å². The van der Waals surface area contributed by atoms with E-state index in [0.29, 0.717) is 0 Å². The molecule has 1 N–H and O–H groups in total. The summed E-state index contributed by atoms with van der Waals surface area (Å²) in [4.78, 5) is 13.4. The number of aromatic carboxylic acids is 1. The molecule has 0 aliphatic heterocycles. The quantitative estimate of drug-likeness (QED) is 0.655. The van der Waals surface area contributed by atoms with Gasteiger partial charge in [-0.15, -0.1) is 13.2 Å². The normalized spacial score (nSPS) is 12.3. The van der Waals surface area contributed by atoms with Crippen molar-refractivity contribution in [1.82, 2.24) is 4.98 Å². The number of nitrogens with zero attached hydrogens (tertiary/aromatic N) is 1. The molecule has 0 aromatic carbocycles. The smallest absolute Gasteiger partial charge is 0.477 e. The summed E-state index contributed by atoms with van der Waals surface area (Å²) in [6.45, 7) is 0. The van der Waals surface area contributed by atoms with Crippen LogP contribution in [0.4, 0.5) is 26.3 Å². The Balaban J connectivity index is 3.55. The monoisotopic (exact) mass is 367 g/mol. The number of aromatic nitrogens is 1. The Morgan fingerprint density at radius 1 is 1.30 bits per heavy atom. The van der Waals surface area contributed by atoms with Crippen LogP contribution in [-0.2, 0) is 11.5 Å². The van der Waals surface area contributed by atoms with Crippen molar-refractivity contribution in [2.24, 2.45) is 0 Å². The third-order valence-electron chi connectivity index (χ3n) is 1.93. The topological polar surface area (TPSA) is 59.4 Å². The number of hydrogen-bond donors (Lipinski definition) is 1. The Bertz CT molecular complexity index is 528. The molecule has 0 atom stereocenters. The summed E-state index contributed by atoms with van der Waals surface area (Å²) in [5.74, 6) is -3.18. The van der Waals surface area contributed by atoms with E-state index in [9.17, 15) is 31.1 Å². The molecule has 112 valence electrons. The predicted molar refractivity (Wildman–Crippen MR) is 55.5 cm³/mol. The van der Waals surface area contributed by atoms with Crippen molar-refractivity contribution in [1.29, 1.82) is 0 Å². The summed E-state index contributed by atoms with van der Waals surface area (Å²) < 4.78 is 77.8. The van der Waals surface area contributed by atoms with Gasteiger partial charge in [-0.2, -0.15) is 13.2 Å². The van der Waals surface area contributed by atoms with Crippen molar-refractivity contribution in [2.75, 3.05) is 0 Å². The van der Waals surface area contributed by atoms with E-state index in [1.807, 2.05) is 0 Å². The van der Waals surface area contributed by atoms with Crippen molar-refractivity contribution >= 4 is 21.9 Å². The largest absolute Gasteiger partial charge is 0.573 e. The second-order valence-corrected chi connectivity index (χ2v) is 3.88. The lowest BCUT2D eigenvalue weighted by Gasteiger charge is -2.17. The maximum absolute atomic E-state index is 12.7. The molecule has 1 aromatic heterocycles. The number of alkyl halides is 7. The first-order chi connectivity index (χ1) is 8.95. The zero-order valence-electron chi connectivity index (χ0n) is 9.14. The van der Waals surface area contributed by atoms with E-state index < -0.39 is 46.5 Å². The molecule has 0 radical (unpaired) electrons. The Morgan fingerprint density at radius 2 is 1.85 bits per heavy atom. The summed E-state index contributed by atoms with van der Waals surface area (Å²) in [6.07, 6.45) is -10.4. The lowest BCUT2D eigenvalue weighted by molar-refractivity contribution is -0.275. The Hall–Kier alpha value is -1.52. The highest BCUT2D eigenvalue weighted by Crippen LogP contribution is 2.38. The van der Waals surface area contributed by atoms with Gasteiger partial charge in [0.15, 0.2) is 11.4 Å². The minimum Gasteiger partial charge on any atom is -0.477 e. The number of ether oxygens (including phenoxy) is 1. The van der Waals surface area contributed by atoms with Crippen LogP contribution in [0, 0.1) is 0 Å². The van der Waals surface area contributed by atoms with Gasteiger partial charge in [0.25, 0.3) is 0 Å². The van der Waals surface area contributed by atoms with Gasteiger partial charge in [0, 0.05) is 17.0 Å². The molecular weight excluding hydrogens is 364 g/mol. The van der Waals surface area contributed by atoms with Crippen LogP contribution >= 0.6 is 15.9 Å². The number of halogens is 7. The van der Waals surface area contributed by atoms with Crippen molar-refractivity contribution in [3.63, 3.8) is 0 Å². The van der Waals surface area contributed by atoms with Crippen LogP contribution in [0.3, 0.4) is 0 Å². The van der Waals surface area contributed by atoms with E-state index in [-0.39, 0.29) is 6.07 Å². The van der Waals surface area contributed by atoms with Crippen molar-refractivity contribution in [2.45, 2.75) is 17.9 Å². The first kappa shape index (κ1) is 16.5. The van der Waals surface area contributed by atoms with Gasteiger partial charge in [-0.25, -0.2) is 9.78 Å². The maximum atomic E-state index is 12.7. The molecule has 0 saturated carbocycles. The molecular formula is C9H4BrF6NO3. The SMILES string of the molecule is O=C(O)c1cc(OC(F)(F)F)c(CBr)c(C(F)(F)F)n1. The Morgan fingerprint density at radius 3 is 2.20 bits per heavy atom. The summed E-state index contributed by atoms with van der Waals surface area (Å²) >= 11 is 2.59. The summed E-state index contributed by atoms with van der Waals surface area (Å²) in [5, 5.41) is 7.93. The van der Waals surface area contributed by atoms with Crippen LogP contribution in [-0.4, -0.2) is 22.4 Å². The lowest BCUT2D eigenvalue weighted by Crippen LogP contribution is -2.21. The summed E-state index contributed by atoms with van der Waals surface area (Å²) in [5.41, 5.74) is -3.91. The first-order valence-corrected chi connectivity index (χ1v) is 5.74. The van der Waals surface area contributed by atoms with E-state index in [4.69, 9.17) is 5.11 Å². The molecule has 0 saturated heterocycles. The Kier molecular flexibility index (Phi) is 4.52. The van der Waals surface area contributed by atoms with Crippen LogP contribution in [0.5, 0.6) is 5.75 Å². The molecule has 1 rings (SSSR count). The fraction of sp³-hybridized carbons (Fsp3) is 0.333. The molecule has 11 heteroatoms. The summed E-state index contributed by atoms with van der Waals surface area (Å²) in [7, 11) is 0. The first-order valence-electron chi connectivity index (χ1n) is 4.62. The standard InChI is InChI=1S/C9H4BrF6NO3/c10-2-3-5(20-9(14,15)16)1-4(7(18)19)17-6(3)8(11,12)13/h1H,2H2,(H,18,19). The Labute approximate surface area is 115 Å². The third kappa shape index (κ3) is 3.99. The zero-order valence-corrected chi connectivity index (χ0v) is 10.7. The second-order valence-electron chi connectivity index (χ2n) is 3.32. The average Bonchev–Trinajstić information content (AvgIpc) is 2.24. The fourth-order valence-corrected chi connectivity index (χ4v) is 1.78. The van der Waals surface area contributed by atoms with E-state index in [0.717, 1.165) is 0 Å². The number of carboxylic acid groups (broad SMARTS) is 1. The van der Waals surface area contributed by atoms with Crippen LogP contribution < -0.4 is 4.74 Å². The molecule has 0 fully saturated rings.